The van der Waals surface area contributed by atoms with Crippen molar-refractivity contribution in [1.29, 1.82) is 0 Å². The van der Waals surface area contributed by atoms with Crippen LogP contribution in [0, 0.1) is 23.2 Å². The van der Waals surface area contributed by atoms with Crippen molar-refractivity contribution >= 4 is 0 Å². The summed E-state index contributed by atoms with van der Waals surface area (Å²) in [6.45, 7) is 2.86. The summed E-state index contributed by atoms with van der Waals surface area (Å²) in [5.74, 6) is 3.08. The first kappa shape index (κ1) is 12.0. The largest absolute Gasteiger partial charge is 0.377 e. The van der Waals surface area contributed by atoms with Crippen LogP contribution < -0.4 is 5.73 Å². The molecular weight excluding hydrogens is 210 g/mol. The molecule has 4 fully saturated rings. The maximum atomic E-state index is 5.92. The van der Waals surface area contributed by atoms with Gasteiger partial charge in [0.15, 0.2) is 0 Å². The zero-order chi connectivity index (χ0) is 12.1. The van der Waals surface area contributed by atoms with Crippen molar-refractivity contribution in [3.05, 3.63) is 0 Å². The zero-order valence-electron chi connectivity index (χ0n) is 11.4. The molecule has 4 saturated carbocycles. The van der Waals surface area contributed by atoms with Gasteiger partial charge < -0.3 is 10.5 Å². The first-order valence-electron chi connectivity index (χ1n) is 7.32. The summed E-state index contributed by atoms with van der Waals surface area (Å²) < 4.78 is 5.70. The molecule has 2 N–H and O–H groups in total. The third-order valence-electron chi connectivity index (χ3n) is 5.84. The maximum Gasteiger partial charge on any atom is 0.0777 e. The lowest BCUT2D eigenvalue weighted by Gasteiger charge is -2.58. The second-order valence-electron chi connectivity index (χ2n) is 7.45. The van der Waals surface area contributed by atoms with E-state index in [0.717, 1.165) is 17.8 Å². The van der Waals surface area contributed by atoms with Crippen LogP contribution in [-0.2, 0) is 4.74 Å². The highest BCUT2D eigenvalue weighted by Crippen LogP contribution is 2.62. The lowest BCUT2D eigenvalue weighted by atomic mass is 9.48. The fourth-order valence-corrected chi connectivity index (χ4v) is 5.53. The molecule has 0 amide bonds. The van der Waals surface area contributed by atoms with Gasteiger partial charge in [-0.3, -0.25) is 0 Å². The van der Waals surface area contributed by atoms with E-state index in [9.17, 15) is 0 Å². The first-order chi connectivity index (χ1) is 8.06. The Labute approximate surface area is 105 Å². The minimum absolute atomic E-state index is 0.0916. The maximum absolute atomic E-state index is 5.92. The highest BCUT2D eigenvalue weighted by molar-refractivity contribution is 5.03. The van der Waals surface area contributed by atoms with Crippen LogP contribution in [0.25, 0.3) is 0 Å². The van der Waals surface area contributed by atoms with Crippen molar-refractivity contribution in [3.63, 3.8) is 0 Å². The van der Waals surface area contributed by atoms with E-state index in [1.807, 2.05) is 7.11 Å². The van der Waals surface area contributed by atoms with E-state index in [1.165, 1.54) is 44.9 Å². The predicted molar refractivity (Wildman–Crippen MR) is 69.7 cm³/mol. The average molecular weight is 237 g/mol. The van der Waals surface area contributed by atoms with Crippen molar-refractivity contribution in [3.8, 4) is 0 Å². The van der Waals surface area contributed by atoms with Crippen LogP contribution in [0.5, 0.6) is 0 Å². The van der Waals surface area contributed by atoms with Crippen molar-refractivity contribution < 1.29 is 4.74 Å². The molecule has 0 heterocycles. The molecule has 2 heteroatoms. The summed E-state index contributed by atoms with van der Waals surface area (Å²) in [6.07, 6.45) is 10.1. The van der Waals surface area contributed by atoms with E-state index in [1.54, 1.807) is 0 Å². The molecule has 1 unspecified atom stereocenters. The monoisotopic (exact) mass is 237 g/mol. The summed E-state index contributed by atoms with van der Waals surface area (Å²) in [4.78, 5) is 0. The topological polar surface area (TPSA) is 35.2 Å². The molecule has 1 atom stereocenters. The quantitative estimate of drug-likeness (QED) is 0.816. The molecule has 4 bridgehead atoms. The Morgan fingerprint density at radius 2 is 1.59 bits per heavy atom. The Morgan fingerprint density at radius 1 is 1.12 bits per heavy atom. The Morgan fingerprint density at radius 3 is 1.94 bits per heavy atom. The molecule has 4 aliphatic rings. The van der Waals surface area contributed by atoms with E-state index >= 15 is 0 Å². The van der Waals surface area contributed by atoms with Crippen molar-refractivity contribution in [1.82, 2.24) is 0 Å². The molecule has 4 aliphatic carbocycles. The zero-order valence-corrected chi connectivity index (χ0v) is 11.4. The number of rotatable bonds is 4. The minimum Gasteiger partial charge on any atom is -0.377 e. The second-order valence-corrected chi connectivity index (χ2v) is 7.45. The van der Waals surface area contributed by atoms with Gasteiger partial charge >= 0.3 is 0 Å². The number of ether oxygens (including phenoxy) is 1. The van der Waals surface area contributed by atoms with Gasteiger partial charge in [0.05, 0.1) is 5.60 Å². The molecule has 0 spiro atoms. The van der Waals surface area contributed by atoms with Gasteiger partial charge in [0.25, 0.3) is 0 Å². The van der Waals surface area contributed by atoms with Crippen LogP contribution in [0.4, 0.5) is 0 Å². The summed E-state index contributed by atoms with van der Waals surface area (Å²) >= 11 is 0. The van der Waals surface area contributed by atoms with Gasteiger partial charge in [-0.2, -0.15) is 0 Å². The summed E-state index contributed by atoms with van der Waals surface area (Å²) in [5, 5.41) is 0. The van der Waals surface area contributed by atoms with Crippen molar-refractivity contribution in [2.45, 2.75) is 57.5 Å². The Balaban J connectivity index is 1.78. The number of hydrogen-bond acceptors (Lipinski definition) is 2. The van der Waals surface area contributed by atoms with Gasteiger partial charge in [-0.15, -0.1) is 0 Å². The normalized spacial score (nSPS) is 47.1. The average Bonchev–Trinajstić information content (AvgIpc) is 2.26. The Hall–Kier alpha value is -0.0800. The van der Waals surface area contributed by atoms with Gasteiger partial charge in [-0.1, -0.05) is 0 Å². The number of hydrogen-bond donors (Lipinski definition) is 1. The van der Waals surface area contributed by atoms with Gasteiger partial charge in [0, 0.05) is 13.7 Å². The van der Waals surface area contributed by atoms with Crippen molar-refractivity contribution in [2.75, 3.05) is 13.7 Å². The number of nitrogens with two attached hydrogens (primary N) is 1. The van der Waals surface area contributed by atoms with E-state index in [0.29, 0.717) is 12.0 Å². The lowest BCUT2D eigenvalue weighted by molar-refractivity contribution is -0.106. The highest BCUT2D eigenvalue weighted by atomic mass is 16.5. The first-order valence-corrected chi connectivity index (χ1v) is 7.32. The molecule has 0 saturated heterocycles. The molecule has 98 valence electrons. The summed E-state index contributed by atoms with van der Waals surface area (Å²) in [5.41, 5.74) is 6.41. The van der Waals surface area contributed by atoms with Gasteiger partial charge in [-0.05, 0) is 75.0 Å². The van der Waals surface area contributed by atoms with Crippen LogP contribution in [0.1, 0.15) is 51.9 Å². The van der Waals surface area contributed by atoms with Crippen LogP contribution in [-0.4, -0.2) is 19.3 Å². The second kappa shape index (κ2) is 3.96. The molecule has 0 aliphatic heterocycles. The third-order valence-corrected chi connectivity index (χ3v) is 5.84. The van der Waals surface area contributed by atoms with E-state index in [4.69, 9.17) is 10.5 Å². The molecule has 0 radical (unpaired) electrons. The SMILES string of the molecule is COC(C)(CN)CC12CC3CC(CC(C3)C1)C2. The standard InChI is InChI=1S/C15H27NO/c1-14(10-16,17-2)9-15-6-11-3-12(7-15)5-13(4-11)8-15/h11-13H,3-10,16H2,1-2H3. The Kier molecular flexibility index (Phi) is 2.79. The molecular formula is C15H27NO. The molecule has 4 rings (SSSR count). The van der Waals surface area contributed by atoms with Crippen LogP contribution in [0.2, 0.25) is 0 Å². The lowest BCUT2D eigenvalue weighted by Crippen LogP contribution is -2.51. The van der Waals surface area contributed by atoms with Crippen LogP contribution in [0.3, 0.4) is 0 Å². The highest BCUT2D eigenvalue weighted by Gasteiger charge is 2.52. The molecule has 17 heavy (non-hydrogen) atoms. The molecule has 0 aromatic rings. The van der Waals surface area contributed by atoms with Crippen LogP contribution in [0.15, 0.2) is 0 Å². The summed E-state index contributed by atoms with van der Waals surface area (Å²) in [7, 11) is 1.83. The summed E-state index contributed by atoms with van der Waals surface area (Å²) in [6, 6.07) is 0. The molecule has 2 nitrogen and oxygen atoms in total. The van der Waals surface area contributed by atoms with E-state index < -0.39 is 0 Å². The van der Waals surface area contributed by atoms with Gasteiger partial charge in [0.1, 0.15) is 0 Å². The third kappa shape index (κ3) is 2.04. The Bertz CT molecular complexity index is 260. The van der Waals surface area contributed by atoms with Gasteiger partial charge in [0.2, 0.25) is 0 Å². The molecule has 0 aromatic carbocycles. The molecule has 0 aromatic heterocycles. The van der Waals surface area contributed by atoms with E-state index in [2.05, 4.69) is 6.92 Å². The van der Waals surface area contributed by atoms with Crippen molar-refractivity contribution in [2.24, 2.45) is 28.9 Å². The predicted octanol–water partition coefficient (Wildman–Crippen LogP) is 2.96. The van der Waals surface area contributed by atoms with E-state index in [-0.39, 0.29) is 5.60 Å². The number of methoxy groups -OCH3 is 1. The smallest absolute Gasteiger partial charge is 0.0777 e. The van der Waals surface area contributed by atoms with Gasteiger partial charge in [-0.25, -0.2) is 0 Å². The fraction of sp³-hybridized carbons (Fsp3) is 1.00. The minimum atomic E-state index is -0.0916. The van der Waals surface area contributed by atoms with Crippen LogP contribution >= 0.6 is 0 Å². The fourth-order valence-electron chi connectivity index (χ4n) is 5.53.